The predicted octanol–water partition coefficient (Wildman–Crippen LogP) is 7.15. The van der Waals surface area contributed by atoms with Gasteiger partial charge >= 0.3 is 6.61 Å². The molecule has 0 spiro atoms. The molecule has 0 aliphatic carbocycles. The van der Waals surface area contributed by atoms with E-state index in [0.29, 0.717) is 69.6 Å². The van der Waals surface area contributed by atoms with Crippen molar-refractivity contribution in [2.45, 2.75) is 52.6 Å². The van der Waals surface area contributed by atoms with Crippen molar-refractivity contribution in [3.05, 3.63) is 88.7 Å². The van der Waals surface area contributed by atoms with Gasteiger partial charge in [0.1, 0.15) is 11.7 Å². The van der Waals surface area contributed by atoms with Crippen LogP contribution in [0.15, 0.2) is 61.3 Å². The topological polar surface area (TPSA) is 128 Å². The van der Waals surface area contributed by atoms with E-state index in [1.807, 2.05) is 32.9 Å². The average molecular weight is 639 g/mol. The number of pyridine rings is 2. The summed E-state index contributed by atoms with van der Waals surface area (Å²) in [7, 11) is 1.51. The van der Waals surface area contributed by atoms with Crippen LogP contribution >= 0.6 is 11.6 Å². The summed E-state index contributed by atoms with van der Waals surface area (Å²) < 4.78 is 36.5. The summed E-state index contributed by atoms with van der Waals surface area (Å²) in [6.07, 6.45) is 4.13. The molecule has 1 atom stereocenters. The van der Waals surface area contributed by atoms with Gasteiger partial charge in [-0.25, -0.2) is 9.97 Å². The molecule has 236 valence electrons. The Bertz CT molecular complexity index is 1760. The number of fused-ring (bicyclic) bond motifs is 4. The molecule has 0 unspecified atom stereocenters. The van der Waals surface area contributed by atoms with Gasteiger partial charge in [0.05, 0.1) is 34.6 Å². The molecule has 1 aromatic carbocycles. The van der Waals surface area contributed by atoms with Gasteiger partial charge in [-0.15, -0.1) is 0 Å². The zero-order chi connectivity index (χ0) is 32.5. The zero-order valence-electron chi connectivity index (χ0n) is 25.2. The first kappa shape index (κ1) is 31.7. The fourth-order valence-electron chi connectivity index (χ4n) is 5.37. The van der Waals surface area contributed by atoms with Crippen LogP contribution in [-0.2, 0) is 9.53 Å². The van der Waals surface area contributed by atoms with Gasteiger partial charge < -0.3 is 30.3 Å². The van der Waals surface area contributed by atoms with Crippen molar-refractivity contribution >= 4 is 28.9 Å². The predicted molar refractivity (Wildman–Crippen MR) is 167 cm³/mol. The smallest absolute Gasteiger partial charge is 0.388 e. The second-order valence-corrected chi connectivity index (χ2v) is 11.9. The third kappa shape index (κ3) is 6.85. The molecule has 3 aromatic heterocycles. The van der Waals surface area contributed by atoms with E-state index in [-0.39, 0.29) is 22.4 Å². The van der Waals surface area contributed by atoms with Crippen molar-refractivity contribution in [1.29, 1.82) is 0 Å². The molecular weight excluding hydrogens is 606 g/mol. The van der Waals surface area contributed by atoms with E-state index in [9.17, 15) is 18.8 Å². The van der Waals surface area contributed by atoms with Crippen molar-refractivity contribution in [2.24, 2.45) is 5.41 Å². The number of hydrogen-bond donors (Lipinski definition) is 3. The number of aryl methyl sites for hydroxylation is 1. The van der Waals surface area contributed by atoms with Crippen LogP contribution in [0.25, 0.3) is 22.4 Å². The molecule has 45 heavy (non-hydrogen) atoms. The highest BCUT2D eigenvalue weighted by atomic mass is 35.5. The largest absolute Gasteiger partial charge is 0.618 e. The van der Waals surface area contributed by atoms with Gasteiger partial charge in [-0.1, -0.05) is 31.9 Å². The number of aromatic nitrogens is 4. The SMILES string of the molecule is C=C(Nc1ccc2c(c1)NC(=O)C(C)(C)CCC[C@H](c1ccc(-c3cc(Cl)cnc3OC(F)F)c[n+]1[O-])c1nc-2c(C)[nH]1)OC. The minimum absolute atomic E-state index is 0.154. The number of carbonyl (C=O) groups excluding carboxylic acids is 1. The number of benzene rings is 1. The molecular formula is C32H33ClF2N6O4. The Morgan fingerprint density at radius 3 is 2.73 bits per heavy atom. The van der Waals surface area contributed by atoms with Crippen molar-refractivity contribution in [3.8, 4) is 28.3 Å². The molecule has 0 radical (unpaired) electrons. The van der Waals surface area contributed by atoms with Crippen LogP contribution in [-0.4, -0.2) is 34.6 Å². The van der Waals surface area contributed by atoms with Crippen molar-refractivity contribution < 1.29 is 27.8 Å². The molecule has 4 heterocycles. The summed E-state index contributed by atoms with van der Waals surface area (Å²) in [5, 5.41) is 19.9. The normalized spacial score (nSPS) is 16.2. The average Bonchev–Trinajstić information content (AvgIpc) is 3.36. The van der Waals surface area contributed by atoms with E-state index in [2.05, 4.69) is 31.9 Å². The highest BCUT2D eigenvalue weighted by Crippen LogP contribution is 2.39. The molecule has 1 amide bonds. The van der Waals surface area contributed by atoms with Gasteiger partial charge in [0.2, 0.25) is 17.5 Å². The van der Waals surface area contributed by atoms with Gasteiger partial charge in [-0.05, 0) is 56.7 Å². The number of aromatic amines is 1. The molecule has 5 rings (SSSR count). The number of methoxy groups -OCH3 is 1. The van der Waals surface area contributed by atoms with Crippen molar-refractivity contribution in [3.63, 3.8) is 0 Å². The monoisotopic (exact) mass is 638 g/mol. The maximum Gasteiger partial charge on any atom is 0.388 e. The van der Waals surface area contributed by atoms with Gasteiger partial charge in [0.15, 0.2) is 12.1 Å². The Kier molecular flexibility index (Phi) is 8.96. The number of H-pyrrole nitrogens is 1. The van der Waals surface area contributed by atoms with Crippen LogP contribution in [0.4, 0.5) is 20.2 Å². The number of nitrogens with one attached hydrogen (secondary N) is 3. The number of ether oxygens (including phenoxy) is 2. The number of anilines is 2. The highest BCUT2D eigenvalue weighted by molar-refractivity contribution is 6.30. The third-order valence-electron chi connectivity index (χ3n) is 7.83. The first-order valence-electron chi connectivity index (χ1n) is 14.2. The number of imidazole rings is 1. The van der Waals surface area contributed by atoms with Crippen LogP contribution in [0.3, 0.4) is 0 Å². The lowest BCUT2D eigenvalue weighted by molar-refractivity contribution is -0.614. The second kappa shape index (κ2) is 12.7. The summed E-state index contributed by atoms with van der Waals surface area (Å²) in [5.41, 5.74) is 3.41. The quantitative estimate of drug-likeness (QED) is 0.111. The highest BCUT2D eigenvalue weighted by Gasteiger charge is 2.33. The van der Waals surface area contributed by atoms with E-state index in [1.54, 1.807) is 18.2 Å². The maximum absolute atomic E-state index is 13.6. The van der Waals surface area contributed by atoms with E-state index in [0.717, 1.165) is 5.69 Å². The van der Waals surface area contributed by atoms with E-state index in [1.165, 1.54) is 25.6 Å². The molecule has 4 aromatic rings. The number of carbonyl (C=O) groups is 1. The first-order chi connectivity index (χ1) is 21.4. The van der Waals surface area contributed by atoms with Gasteiger partial charge in [-0.3, -0.25) is 4.79 Å². The fraction of sp³-hybridized carbons (Fsp3) is 0.312. The zero-order valence-corrected chi connectivity index (χ0v) is 26.0. The molecule has 0 fully saturated rings. The van der Waals surface area contributed by atoms with Crippen LogP contribution in [0.5, 0.6) is 5.88 Å². The van der Waals surface area contributed by atoms with E-state index in [4.69, 9.17) is 21.3 Å². The number of amides is 1. The molecule has 2 bridgehead atoms. The number of nitrogens with zero attached hydrogens (tertiary/aromatic N) is 3. The second-order valence-electron chi connectivity index (χ2n) is 11.4. The van der Waals surface area contributed by atoms with E-state index < -0.39 is 17.9 Å². The molecule has 0 saturated heterocycles. The van der Waals surface area contributed by atoms with Crippen LogP contribution in [0, 0.1) is 17.5 Å². The summed E-state index contributed by atoms with van der Waals surface area (Å²) in [6, 6.07) is 10.2. The Morgan fingerprint density at radius 2 is 2.02 bits per heavy atom. The summed E-state index contributed by atoms with van der Waals surface area (Å²) in [4.78, 5) is 25.7. The minimum Gasteiger partial charge on any atom is -0.618 e. The first-order valence-corrected chi connectivity index (χ1v) is 14.6. The van der Waals surface area contributed by atoms with E-state index >= 15 is 0 Å². The lowest BCUT2D eigenvalue weighted by atomic mass is 9.83. The molecule has 13 heteroatoms. The molecule has 1 aliphatic heterocycles. The Morgan fingerprint density at radius 1 is 1.24 bits per heavy atom. The van der Waals surface area contributed by atoms with Crippen molar-refractivity contribution in [1.82, 2.24) is 15.0 Å². The van der Waals surface area contributed by atoms with Crippen LogP contribution < -0.4 is 20.1 Å². The minimum atomic E-state index is -3.10. The molecule has 3 N–H and O–H groups in total. The molecule has 0 saturated carbocycles. The van der Waals surface area contributed by atoms with Crippen LogP contribution in [0.1, 0.15) is 56.2 Å². The summed E-state index contributed by atoms with van der Waals surface area (Å²) >= 11 is 6.09. The number of halogens is 3. The lowest BCUT2D eigenvalue weighted by Crippen LogP contribution is -2.34. The number of hydrogen-bond acceptors (Lipinski definition) is 7. The lowest BCUT2D eigenvalue weighted by Gasteiger charge is -2.26. The van der Waals surface area contributed by atoms with Gasteiger partial charge in [0.25, 0.3) is 0 Å². The standard InChI is InChI=1S/C32H33ClF2N6O4/c1-17-27-22-10-9-21(38-18(2)44-5)14-25(22)39-30(42)32(3,4)12-6-7-23(28(37-17)40-27)26-11-8-19(16-41(26)43)24-13-20(33)15-36-29(24)45-31(34)35/h8-11,13-16,23,31,38H,2,6-7,12H2,1,3-5H3,(H,37,40)(H,39,42)/t23-/m1/s1. The Hall–Kier alpha value is -4.71. The number of alkyl halides is 2. The Labute approximate surface area is 264 Å². The van der Waals surface area contributed by atoms with Crippen molar-refractivity contribution in [2.75, 3.05) is 17.7 Å². The Balaban J connectivity index is 1.59. The maximum atomic E-state index is 13.6. The summed E-state index contributed by atoms with van der Waals surface area (Å²) in [5.74, 6) is -0.0412. The number of rotatable bonds is 7. The molecule has 1 aliphatic rings. The molecule has 10 nitrogen and oxygen atoms in total. The third-order valence-corrected chi connectivity index (χ3v) is 8.03. The fourth-order valence-corrected chi connectivity index (χ4v) is 5.52. The van der Waals surface area contributed by atoms with Gasteiger partial charge in [-0.2, -0.15) is 13.5 Å². The van der Waals surface area contributed by atoms with Crippen LogP contribution in [0.2, 0.25) is 5.02 Å². The summed E-state index contributed by atoms with van der Waals surface area (Å²) in [6.45, 7) is 6.34. The van der Waals surface area contributed by atoms with Gasteiger partial charge in [0, 0.05) is 34.6 Å².